The van der Waals surface area contributed by atoms with E-state index in [9.17, 15) is 15.0 Å². The van der Waals surface area contributed by atoms with Gasteiger partial charge in [0.05, 0.1) is 17.1 Å². The lowest BCUT2D eigenvalue weighted by Crippen LogP contribution is -2.78. The number of ether oxygens (including phenoxy) is 1. The zero-order valence-corrected chi connectivity index (χ0v) is 27.1. The molecule has 1 saturated heterocycles. The molecule has 6 nitrogen and oxygen atoms in total. The Kier molecular flexibility index (Phi) is 7.48. The molecule has 1 amide bonds. The molecule has 0 unspecified atom stereocenters. The number of rotatable bonds is 8. The Morgan fingerprint density at radius 3 is 2.79 bits per heavy atom. The Morgan fingerprint density at radius 1 is 1.23 bits per heavy atom. The summed E-state index contributed by atoms with van der Waals surface area (Å²) in [4.78, 5) is 19.4. The molecule has 43 heavy (non-hydrogen) atoms. The van der Waals surface area contributed by atoms with Crippen molar-refractivity contribution in [2.45, 2.75) is 75.2 Å². The zero-order chi connectivity index (χ0) is 29.9. The number of thiophene rings is 1. The van der Waals surface area contributed by atoms with Gasteiger partial charge in [0.2, 0.25) is 5.91 Å². The van der Waals surface area contributed by atoms with E-state index in [1.165, 1.54) is 5.56 Å². The Labute approximate surface area is 266 Å². The van der Waals surface area contributed by atoms with Crippen LogP contribution in [0.4, 0.5) is 0 Å². The first-order chi connectivity index (χ1) is 20.7. The van der Waals surface area contributed by atoms with Gasteiger partial charge in [-0.3, -0.25) is 9.69 Å². The van der Waals surface area contributed by atoms with Gasteiger partial charge in [-0.2, -0.15) is 0 Å². The van der Waals surface area contributed by atoms with Crippen molar-refractivity contribution in [2.75, 3.05) is 19.6 Å². The Morgan fingerprint density at radius 2 is 2.05 bits per heavy atom. The van der Waals surface area contributed by atoms with Gasteiger partial charge in [0.15, 0.2) is 11.5 Å². The first-order valence-electron chi connectivity index (χ1n) is 15.5. The van der Waals surface area contributed by atoms with E-state index in [0.717, 1.165) is 52.8 Å². The first-order valence-corrected chi connectivity index (χ1v) is 17.1. The Hall–Kier alpha value is -2.65. The summed E-state index contributed by atoms with van der Waals surface area (Å²) in [5.41, 5.74) is 1.75. The number of nitrogens with zero attached hydrogens (tertiary/aromatic N) is 2. The van der Waals surface area contributed by atoms with Gasteiger partial charge in [0, 0.05) is 45.5 Å². The molecule has 0 radical (unpaired) electrons. The van der Waals surface area contributed by atoms with E-state index in [1.807, 2.05) is 34.6 Å². The summed E-state index contributed by atoms with van der Waals surface area (Å²) < 4.78 is 7.78. The van der Waals surface area contributed by atoms with Crippen molar-refractivity contribution in [1.82, 2.24) is 9.80 Å². The van der Waals surface area contributed by atoms with Crippen LogP contribution in [0, 0.1) is 5.92 Å². The number of hydrogen-bond acceptors (Lipinski definition) is 6. The fourth-order valence-corrected chi connectivity index (χ4v) is 9.89. The number of carbonyl (C=O) groups is 1. The van der Waals surface area contributed by atoms with Crippen LogP contribution < -0.4 is 4.74 Å². The number of aliphatic hydroxyl groups is 1. The molecule has 3 heterocycles. The quantitative estimate of drug-likeness (QED) is 0.282. The molecule has 2 aromatic carbocycles. The van der Waals surface area contributed by atoms with Gasteiger partial charge in [-0.25, -0.2) is 0 Å². The molecule has 2 N–H and O–H groups in total. The molecule has 2 fully saturated rings. The van der Waals surface area contributed by atoms with Gasteiger partial charge in [-0.15, -0.1) is 11.3 Å². The average Bonchev–Trinajstić information content (AvgIpc) is 3.57. The summed E-state index contributed by atoms with van der Waals surface area (Å²) in [6.45, 7) is 6.58. The number of hydrogen-bond donors (Lipinski definition) is 2. The van der Waals surface area contributed by atoms with Crippen LogP contribution >= 0.6 is 27.3 Å². The standard InChI is InChI=1S/C35H39BrN2O4S/c1-22(2)20-38(30(40)11-9-26-19-25(36)21-43-26)27-12-14-35(41)29-18-24-8-10-28(39)32-31(24)34(35,33(27)42-32)15-17-37(29)16-13-23-6-4-3-5-7-23/h3-11,19,21-22,27,29,33,39,41H,12-18,20H2,1-2H3/b11-9+/t27-,29+,33-,34-,35+/m0/s1. The predicted molar refractivity (Wildman–Crippen MR) is 174 cm³/mol. The third-order valence-electron chi connectivity index (χ3n) is 10.3. The normalized spacial score (nSPS) is 29.1. The van der Waals surface area contributed by atoms with Crippen LogP contribution in [0.5, 0.6) is 11.5 Å². The van der Waals surface area contributed by atoms with E-state index in [4.69, 9.17) is 4.74 Å². The number of aromatic hydroxyl groups is 1. The van der Waals surface area contributed by atoms with E-state index in [2.05, 4.69) is 58.9 Å². The van der Waals surface area contributed by atoms with Crippen LogP contribution in [0.25, 0.3) is 6.08 Å². The third kappa shape index (κ3) is 4.68. The van der Waals surface area contributed by atoms with Crippen molar-refractivity contribution in [1.29, 1.82) is 0 Å². The lowest BCUT2D eigenvalue weighted by Gasteiger charge is -2.65. The molecule has 226 valence electrons. The van der Waals surface area contributed by atoms with Crippen molar-refractivity contribution in [3.8, 4) is 11.5 Å². The number of phenols is 1. The van der Waals surface area contributed by atoms with Gasteiger partial charge in [-0.1, -0.05) is 50.2 Å². The minimum atomic E-state index is -1.01. The minimum Gasteiger partial charge on any atom is -0.504 e. The highest BCUT2D eigenvalue weighted by atomic mass is 79.9. The smallest absolute Gasteiger partial charge is 0.246 e. The second-order valence-corrected chi connectivity index (χ2v) is 15.0. The number of phenolic OH excluding ortho intramolecular Hbond substituents is 1. The van der Waals surface area contributed by atoms with Crippen molar-refractivity contribution >= 4 is 39.2 Å². The Bertz CT molecular complexity index is 1560. The number of amides is 1. The van der Waals surface area contributed by atoms with Gasteiger partial charge in [0.1, 0.15) is 6.10 Å². The summed E-state index contributed by atoms with van der Waals surface area (Å²) in [5.74, 6) is 0.860. The van der Waals surface area contributed by atoms with Gasteiger partial charge in [0.25, 0.3) is 0 Å². The highest BCUT2D eigenvalue weighted by Gasteiger charge is 2.73. The number of piperidine rings is 1. The zero-order valence-electron chi connectivity index (χ0n) is 24.7. The molecule has 5 atom stereocenters. The largest absolute Gasteiger partial charge is 0.504 e. The molecule has 8 heteroatoms. The third-order valence-corrected chi connectivity index (χ3v) is 12.0. The summed E-state index contributed by atoms with van der Waals surface area (Å²) in [5, 5.41) is 26.0. The van der Waals surface area contributed by atoms with Crippen LogP contribution in [0.15, 0.2) is 64.5 Å². The molecule has 4 aliphatic rings. The van der Waals surface area contributed by atoms with E-state index >= 15 is 0 Å². The minimum absolute atomic E-state index is 0.0401. The van der Waals surface area contributed by atoms with Crippen molar-refractivity contribution in [2.24, 2.45) is 5.92 Å². The highest BCUT2D eigenvalue weighted by Crippen LogP contribution is 2.65. The van der Waals surface area contributed by atoms with Crippen molar-refractivity contribution in [3.63, 3.8) is 0 Å². The first kappa shape index (κ1) is 29.1. The number of likely N-dealkylation sites (tertiary alicyclic amines) is 1. The summed E-state index contributed by atoms with van der Waals surface area (Å²) in [6.07, 6.45) is 6.75. The highest BCUT2D eigenvalue weighted by molar-refractivity contribution is 9.10. The molecule has 2 aliphatic carbocycles. The lowest BCUT2D eigenvalue weighted by molar-refractivity contribution is -0.201. The molecule has 2 bridgehead atoms. The molecular formula is C35H39BrN2O4S. The van der Waals surface area contributed by atoms with Crippen LogP contribution in [-0.4, -0.2) is 69.3 Å². The van der Waals surface area contributed by atoms with Gasteiger partial charge >= 0.3 is 0 Å². The second-order valence-electron chi connectivity index (χ2n) is 13.1. The number of benzene rings is 2. The number of halogens is 1. The molecule has 3 aromatic rings. The van der Waals surface area contributed by atoms with E-state index in [1.54, 1.807) is 23.5 Å². The van der Waals surface area contributed by atoms with E-state index < -0.39 is 17.1 Å². The number of carbonyl (C=O) groups excluding carboxylic acids is 1. The van der Waals surface area contributed by atoms with E-state index in [0.29, 0.717) is 25.1 Å². The summed E-state index contributed by atoms with van der Waals surface area (Å²) in [6, 6.07) is 16.1. The monoisotopic (exact) mass is 662 g/mol. The lowest BCUT2D eigenvalue weighted by atomic mass is 9.48. The predicted octanol–water partition coefficient (Wildman–Crippen LogP) is 6.18. The maximum absolute atomic E-state index is 13.9. The molecule has 1 saturated carbocycles. The van der Waals surface area contributed by atoms with E-state index in [-0.39, 0.29) is 29.7 Å². The second kappa shape index (κ2) is 11.1. The molecule has 1 spiro atoms. The summed E-state index contributed by atoms with van der Waals surface area (Å²) >= 11 is 5.09. The molecule has 7 rings (SSSR count). The summed E-state index contributed by atoms with van der Waals surface area (Å²) in [7, 11) is 0. The van der Waals surface area contributed by atoms with Crippen molar-refractivity contribution < 1.29 is 19.7 Å². The fraction of sp³-hybridized carbons (Fsp3) is 0.457. The van der Waals surface area contributed by atoms with Crippen LogP contribution in [-0.2, 0) is 23.1 Å². The van der Waals surface area contributed by atoms with Gasteiger partial charge in [-0.05, 0) is 89.8 Å². The molecule has 1 aromatic heterocycles. The fourth-order valence-electron chi connectivity index (χ4n) is 8.56. The SMILES string of the molecule is CC(C)CN(C(=O)/C=C/c1cc(Br)cs1)[C@H]1CC[C@@]2(O)[C@H]3Cc4ccc(O)c5c4[C@@]2(CCN3CCc2ccccc2)[C@H]1O5. The molecular weight excluding hydrogens is 624 g/mol. The van der Waals surface area contributed by atoms with Crippen LogP contribution in [0.1, 0.15) is 54.7 Å². The maximum atomic E-state index is 13.9. The molecule has 2 aliphatic heterocycles. The maximum Gasteiger partial charge on any atom is 0.246 e. The average molecular weight is 664 g/mol. The Balaban J connectivity index is 1.25. The topological polar surface area (TPSA) is 73.2 Å². The van der Waals surface area contributed by atoms with Crippen LogP contribution in [0.3, 0.4) is 0 Å². The van der Waals surface area contributed by atoms with Crippen molar-refractivity contribution in [3.05, 3.63) is 86.0 Å². The van der Waals surface area contributed by atoms with Gasteiger partial charge < -0.3 is 19.8 Å². The van der Waals surface area contributed by atoms with Crippen LogP contribution in [0.2, 0.25) is 0 Å².